The fraction of sp³-hybridized carbons (Fsp3) is 0.500. The number of morpholine rings is 1. The van der Waals surface area contributed by atoms with Gasteiger partial charge >= 0.3 is 0 Å². The summed E-state index contributed by atoms with van der Waals surface area (Å²) >= 11 is 0. The number of nitrogens with zero attached hydrogens (tertiary/aromatic N) is 1. The van der Waals surface area contributed by atoms with Gasteiger partial charge in [0.05, 0.1) is 19.8 Å². The lowest BCUT2D eigenvalue weighted by Crippen LogP contribution is -2.35. The molecule has 2 rings (SSSR count). The third-order valence-electron chi connectivity index (χ3n) is 3.24. The van der Waals surface area contributed by atoms with E-state index in [1.165, 1.54) is 5.56 Å². The molecule has 0 aromatic heterocycles. The molecule has 0 unspecified atom stereocenters. The third kappa shape index (κ3) is 4.37. The van der Waals surface area contributed by atoms with E-state index in [0.29, 0.717) is 0 Å². The van der Waals surface area contributed by atoms with E-state index in [4.69, 9.17) is 9.47 Å². The third-order valence-corrected chi connectivity index (χ3v) is 3.24. The van der Waals surface area contributed by atoms with Gasteiger partial charge in [0.15, 0.2) is 0 Å². The second kappa shape index (κ2) is 7.31. The van der Waals surface area contributed by atoms with Gasteiger partial charge in [-0.15, -0.1) is 0 Å². The maximum atomic E-state index is 5.59. The summed E-state index contributed by atoms with van der Waals surface area (Å²) in [6.07, 6.45) is 1.01. The highest BCUT2D eigenvalue weighted by Gasteiger charge is 2.11. The standard InChI is InChI=1S/C16H23NO2/c1-3-9-19-14(2)16-6-4-5-15(12-16)13-17-7-10-18-11-8-17/h4-6,12H,2-3,7-11,13H2,1H3. The second-order valence-corrected chi connectivity index (χ2v) is 4.86. The molecule has 1 fully saturated rings. The van der Waals surface area contributed by atoms with Crippen LogP contribution in [0.4, 0.5) is 0 Å². The van der Waals surface area contributed by atoms with Gasteiger partial charge in [0.2, 0.25) is 0 Å². The maximum absolute atomic E-state index is 5.59. The van der Waals surface area contributed by atoms with Crippen LogP contribution in [0.25, 0.3) is 5.76 Å². The predicted octanol–water partition coefficient (Wildman–Crippen LogP) is 2.92. The van der Waals surface area contributed by atoms with Crippen molar-refractivity contribution in [2.24, 2.45) is 0 Å². The minimum absolute atomic E-state index is 0.729. The van der Waals surface area contributed by atoms with Crippen molar-refractivity contribution in [1.29, 1.82) is 0 Å². The topological polar surface area (TPSA) is 21.7 Å². The van der Waals surface area contributed by atoms with Crippen LogP contribution in [0.2, 0.25) is 0 Å². The van der Waals surface area contributed by atoms with Crippen LogP contribution >= 0.6 is 0 Å². The summed E-state index contributed by atoms with van der Waals surface area (Å²) in [6.45, 7) is 11.5. The Morgan fingerprint density at radius 1 is 1.37 bits per heavy atom. The Morgan fingerprint density at radius 2 is 2.16 bits per heavy atom. The van der Waals surface area contributed by atoms with E-state index in [0.717, 1.165) is 57.2 Å². The van der Waals surface area contributed by atoms with E-state index in [2.05, 4.69) is 42.7 Å². The van der Waals surface area contributed by atoms with Crippen LogP contribution in [0.5, 0.6) is 0 Å². The van der Waals surface area contributed by atoms with Crippen molar-refractivity contribution in [3.8, 4) is 0 Å². The first-order chi connectivity index (χ1) is 9.29. The zero-order valence-corrected chi connectivity index (χ0v) is 11.7. The lowest BCUT2D eigenvalue weighted by atomic mass is 10.1. The van der Waals surface area contributed by atoms with E-state index in [9.17, 15) is 0 Å². The summed E-state index contributed by atoms with van der Waals surface area (Å²) in [5, 5.41) is 0. The van der Waals surface area contributed by atoms with E-state index in [-0.39, 0.29) is 0 Å². The molecule has 3 heteroatoms. The van der Waals surface area contributed by atoms with Gasteiger partial charge in [-0.25, -0.2) is 0 Å². The van der Waals surface area contributed by atoms with Crippen LogP contribution in [0, 0.1) is 0 Å². The van der Waals surface area contributed by atoms with Crippen molar-refractivity contribution in [1.82, 2.24) is 4.90 Å². The van der Waals surface area contributed by atoms with Gasteiger partial charge in [-0.05, 0) is 18.1 Å². The zero-order chi connectivity index (χ0) is 13.5. The molecular formula is C16H23NO2. The van der Waals surface area contributed by atoms with E-state index < -0.39 is 0 Å². The summed E-state index contributed by atoms with van der Waals surface area (Å²) in [5.74, 6) is 0.769. The first-order valence-electron chi connectivity index (χ1n) is 7.00. The Morgan fingerprint density at radius 3 is 2.89 bits per heavy atom. The van der Waals surface area contributed by atoms with Gasteiger partial charge in [-0.1, -0.05) is 31.7 Å². The molecule has 0 saturated carbocycles. The summed E-state index contributed by atoms with van der Waals surface area (Å²) in [4.78, 5) is 2.41. The van der Waals surface area contributed by atoms with Gasteiger partial charge in [-0.2, -0.15) is 0 Å². The molecule has 1 saturated heterocycles. The van der Waals surface area contributed by atoms with E-state index in [1.54, 1.807) is 0 Å². The summed E-state index contributed by atoms with van der Waals surface area (Å²) < 4.78 is 11.0. The van der Waals surface area contributed by atoms with E-state index in [1.807, 2.05) is 0 Å². The highest BCUT2D eigenvalue weighted by Crippen LogP contribution is 2.17. The predicted molar refractivity (Wildman–Crippen MR) is 77.8 cm³/mol. The number of ether oxygens (including phenoxy) is 2. The zero-order valence-electron chi connectivity index (χ0n) is 11.7. The SMILES string of the molecule is C=C(OCCC)c1cccc(CN2CCOCC2)c1. The van der Waals surface area contributed by atoms with Crippen molar-refractivity contribution < 1.29 is 9.47 Å². The Balaban J connectivity index is 1.95. The van der Waals surface area contributed by atoms with Gasteiger partial charge in [0.25, 0.3) is 0 Å². The lowest BCUT2D eigenvalue weighted by Gasteiger charge is -2.26. The number of hydrogen-bond acceptors (Lipinski definition) is 3. The van der Waals surface area contributed by atoms with E-state index >= 15 is 0 Å². The molecule has 19 heavy (non-hydrogen) atoms. The lowest BCUT2D eigenvalue weighted by molar-refractivity contribution is 0.0342. The highest BCUT2D eigenvalue weighted by molar-refractivity contribution is 5.58. The molecule has 0 bridgehead atoms. The molecule has 1 heterocycles. The molecule has 0 atom stereocenters. The highest BCUT2D eigenvalue weighted by atomic mass is 16.5. The van der Waals surface area contributed by atoms with Gasteiger partial charge in [0, 0.05) is 25.2 Å². The normalized spacial score (nSPS) is 16.3. The molecule has 0 amide bonds. The summed E-state index contributed by atoms with van der Waals surface area (Å²) in [6, 6.07) is 8.46. The van der Waals surface area contributed by atoms with Crippen LogP contribution in [0.15, 0.2) is 30.8 Å². The van der Waals surface area contributed by atoms with Crippen LogP contribution < -0.4 is 0 Å². The monoisotopic (exact) mass is 261 g/mol. The molecular weight excluding hydrogens is 238 g/mol. The molecule has 0 N–H and O–H groups in total. The maximum Gasteiger partial charge on any atom is 0.119 e. The van der Waals surface area contributed by atoms with Crippen LogP contribution in [-0.2, 0) is 16.0 Å². The second-order valence-electron chi connectivity index (χ2n) is 4.86. The molecule has 0 radical (unpaired) electrons. The van der Waals surface area contributed by atoms with Gasteiger partial charge < -0.3 is 9.47 Å². The molecule has 104 valence electrons. The first-order valence-corrected chi connectivity index (χ1v) is 7.00. The fourth-order valence-electron chi connectivity index (χ4n) is 2.17. The minimum Gasteiger partial charge on any atom is -0.494 e. The quantitative estimate of drug-likeness (QED) is 0.735. The summed E-state index contributed by atoms with van der Waals surface area (Å²) in [7, 11) is 0. The Kier molecular flexibility index (Phi) is 5.43. The number of rotatable bonds is 6. The minimum atomic E-state index is 0.729. The average molecular weight is 261 g/mol. The van der Waals surface area contributed by atoms with Crippen molar-refractivity contribution in [2.45, 2.75) is 19.9 Å². The molecule has 1 aromatic rings. The first kappa shape index (κ1) is 14.1. The molecule has 0 spiro atoms. The largest absolute Gasteiger partial charge is 0.494 e. The van der Waals surface area contributed by atoms with Crippen molar-refractivity contribution in [2.75, 3.05) is 32.9 Å². The molecule has 1 aliphatic rings. The summed E-state index contributed by atoms with van der Waals surface area (Å²) in [5.41, 5.74) is 2.39. The smallest absolute Gasteiger partial charge is 0.119 e. The molecule has 1 aliphatic heterocycles. The van der Waals surface area contributed by atoms with Gasteiger partial charge in [-0.3, -0.25) is 4.90 Å². The van der Waals surface area contributed by atoms with Crippen molar-refractivity contribution >= 4 is 5.76 Å². The van der Waals surface area contributed by atoms with Crippen LogP contribution in [0.1, 0.15) is 24.5 Å². The Bertz CT molecular complexity index is 411. The van der Waals surface area contributed by atoms with Crippen molar-refractivity contribution in [3.05, 3.63) is 42.0 Å². The van der Waals surface area contributed by atoms with Crippen LogP contribution in [-0.4, -0.2) is 37.8 Å². The average Bonchev–Trinajstić information content (AvgIpc) is 2.46. The van der Waals surface area contributed by atoms with Crippen molar-refractivity contribution in [3.63, 3.8) is 0 Å². The van der Waals surface area contributed by atoms with Gasteiger partial charge in [0.1, 0.15) is 5.76 Å². The number of benzene rings is 1. The molecule has 3 nitrogen and oxygen atoms in total. The Hall–Kier alpha value is -1.32. The van der Waals surface area contributed by atoms with Crippen LogP contribution in [0.3, 0.4) is 0 Å². The molecule has 0 aliphatic carbocycles. The Labute approximate surface area is 115 Å². The number of hydrogen-bond donors (Lipinski definition) is 0. The fourth-order valence-corrected chi connectivity index (χ4v) is 2.17. The molecule has 1 aromatic carbocycles.